The van der Waals surface area contributed by atoms with E-state index in [9.17, 15) is 13.2 Å². The lowest BCUT2D eigenvalue weighted by Gasteiger charge is -2.14. The van der Waals surface area contributed by atoms with Crippen LogP contribution >= 0.6 is 23.2 Å². The molecule has 1 N–H and O–H groups in total. The number of sulfonamides is 1. The van der Waals surface area contributed by atoms with E-state index in [0.29, 0.717) is 16.3 Å². The van der Waals surface area contributed by atoms with Crippen LogP contribution < -0.4 is 9.46 Å². The van der Waals surface area contributed by atoms with Gasteiger partial charge in [-0.25, -0.2) is 8.42 Å². The van der Waals surface area contributed by atoms with E-state index in [1.807, 2.05) is 0 Å². The van der Waals surface area contributed by atoms with Gasteiger partial charge in [0.15, 0.2) is 6.61 Å². The summed E-state index contributed by atoms with van der Waals surface area (Å²) in [5.74, 6) is 0.240. The number of amides is 1. The zero-order chi connectivity index (χ0) is 19.5. The molecule has 2 aromatic carbocycles. The average Bonchev–Trinajstić information content (AvgIpc) is 2.55. The van der Waals surface area contributed by atoms with Crippen molar-refractivity contribution in [2.75, 3.05) is 25.4 Å². The van der Waals surface area contributed by atoms with Crippen LogP contribution in [0, 0.1) is 6.92 Å². The quantitative estimate of drug-likeness (QED) is 0.780. The highest BCUT2D eigenvalue weighted by Gasteiger charge is 2.17. The summed E-state index contributed by atoms with van der Waals surface area (Å²) in [6.07, 6.45) is 0. The summed E-state index contributed by atoms with van der Waals surface area (Å²) in [4.78, 5) is 13.0. The molecule has 9 heteroatoms. The summed E-state index contributed by atoms with van der Waals surface area (Å²) in [6, 6.07) is 8.84. The van der Waals surface area contributed by atoms with Crippen LogP contribution in [0.2, 0.25) is 10.0 Å². The van der Waals surface area contributed by atoms with E-state index in [1.165, 1.54) is 41.3 Å². The highest BCUT2D eigenvalue weighted by Crippen LogP contribution is 2.29. The second-order valence-corrected chi connectivity index (χ2v) is 8.26. The zero-order valence-electron chi connectivity index (χ0n) is 14.4. The number of rotatable bonds is 6. The Bertz CT molecular complexity index is 930. The number of halogens is 2. The minimum absolute atomic E-state index is 0.0484. The fourth-order valence-corrected chi connectivity index (χ4v) is 3.67. The first-order valence-electron chi connectivity index (χ1n) is 7.51. The lowest BCUT2D eigenvalue weighted by molar-refractivity contribution is -0.130. The topological polar surface area (TPSA) is 75.7 Å². The van der Waals surface area contributed by atoms with Gasteiger partial charge in [-0.1, -0.05) is 23.2 Å². The van der Waals surface area contributed by atoms with Gasteiger partial charge in [0.1, 0.15) is 5.75 Å². The van der Waals surface area contributed by atoms with E-state index >= 15 is 0 Å². The number of likely N-dealkylation sites (N-methyl/N-ethyl adjacent to an activating group) is 1. The van der Waals surface area contributed by atoms with E-state index < -0.39 is 10.0 Å². The van der Waals surface area contributed by atoms with Gasteiger partial charge in [0.2, 0.25) is 0 Å². The van der Waals surface area contributed by atoms with E-state index in [4.69, 9.17) is 27.9 Å². The molecule has 140 valence electrons. The van der Waals surface area contributed by atoms with Gasteiger partial charge in [-0.3, -0.25) is 9.52 Å². The molecule has 0 aromatic heterocycles. The molecule has 0 spiro atoms. The van der Waals surface area contributed by atoms with Crippen LogP contribution in [0.3, 0.4) is 0 Å². The van der Waals surface area contributed by atoms with Gasteiger partial charge in [-0.2, -0.15) is 0 Å². The fourth-order valence-electron chi connectivity index (χ4n) is 2.00. The lowest BCUT2D eigenvalue weighted by atomic mass is 10.2. The number of anilines is 1. The van der Waals surface area contributed by atoms with Gasteiger partial charge in [-0.15, -0.1) is 0 Å². The molecule has 0 heterocycles. The SMILES string of the molecule is Cc1cc(S(=O)(=O)Nc2ccc(Cl)cc2Cl)ccc1OCC(=O)N(C)C. The van der Waals surface area contributed by atoms with Gasteiger partial charge >= 0.3 is 0 Å². The van der Waals surface area contributed by atoms with E-state index in [-0.39, 0.29) is 28.1 Å². The van der Waals surface area contributed by atoms with Crippen molar-refractivity contribution in [1.29, 1.82) is 0 Å². The molecule has 0 fully saturated rings. The predicted molar refractivity (Wildman–Crippen MR) is 103 cm³/mol. The largest absolute Gasteiger partial charge is 0.483 e. The Morgan fingerprint density at radius 1 is 1.15 bits per heavy atom. The lowest BCUT2D eigenvalue weighted by Crippen LogP contribution is -2.27. The Hall–Kier alpha value is -1.96. The molecular weight excluding hydrogens is 399 g/mol. The Balaban J connectivity index is 2.19. The smallest absolute Gasteiger partial charge is 0.261 e. The van der Waals surface area contributed by atoms with Crippen LogP contribution in [0.4, 0.5) is 5.69 Å². The van der Waals surface area contributed by atoms with Gasteiger partial charge in [0.05, 0.1) is 15.6 Å². The highest BCUT2D eigenvalue weighted by atomic mass is 35.5. The molecule has 0 aliphatic rings. The second kappa shape index (κ2) is 8.16. The maximum absolute atomic E-state index is 12.6. The Morgan fingerprint density at radius 3 is 2.42 bits per heavy atom. The summed E-state index contributed by atoms with van der Waals surface area (Å²) < 4.78 is 33.0. The van der Waals surface area contributed by atoms with Crippen molar-refractivity contribution < 1.29 is 17.9 Å². The minimum atomic E-state index is -3.84. The first-order chi connectivity index (χ1) is 12.1. The van der Waals surface area contributed by atoms with Crippen LogP contribution in [-0.2, 0) is 14.8 Å². The molecule has 0 bridgehead atoms. The summed E-state index contributed by atoms with van der Waals surface area (Å²) in [6.45, 7) is 1.57. The molecule has 1 amide bonds. The minimum Gasteiger partial charge on any atom is -0.483 e. The molecule has 6 nitrogen and oxygen atoms in total. The highest BCUT2D eigenvalue weighted by molar-refractivity contribution is 7.92. The van der Waals surface area contributed by atoms with E-state index in [2.05, 4.69) is 4.72 Å². The van der Waals surface area contributed by atoms with Gasteiger partial charge < -0.3 is 9.64 Å². The van der Waals surface area contributed by atoms with E-state index in [1.54, 1.807) is 21.0 Å². The number of aryl methyl sites for hydroxylation is 1. The summed E-state index contributed by atoms with van der Waals surface area (Å²) in [5, 5.41) is 0.600. The number of benzene rings is 2. The molecule has 0 atom stereocenters. The molecule has 0 aliphatic carbocycles. The average molecular weight is 417 g/mol. The predicted octanol–water partition coefficient (Wildman–Crippen LogP) is 3.57. The number of carbonyl (C=O) groups excluding carboxylic acids is 1. The van der Waals surface area contributed by atoms with Gasteiger partial charge in [0.25, 0.3) is 15.9 Å². The molecule has 0 radical (unpaired) electrons. The molecule has 2 aromatic rings. The van der Waals surface area contributed by atoms with Crippen molar-refractivity contribution in [2.24, 2.45) is 0 Å². The third-order valence-corrected chi connectivity index (χ3v) is 5.39. The van der Waals surface area contributed by atoms with Gasteiger partial charge in [0, 0.05) is 19.1 Å². The number of hydrogen-bond acceptors (Lipinski definition) is 4. The Kier molecular flexibility index (Phi) is 6.39. The number of nitrogens with one attached hydrogen (secondary N) is 1. The van der Waals surface area contributed by atoms with Crippen LogP contribution in [0.15, 0.2) is 41.3 Å². The Morgan fingerprint density at radius 2 is 1.85 bits per heavy atom. The molecule has 26 heavy (non-hydrogen) atoms. The Labute approximate surface area is 162 Å². The van der Waals surface area contributed by atoms with Crippen LogP contribution in [0.1, 0.15) is 5.56 Å². The molecule has 0 aliphatic heterocycles. The monoisotopic (exact) mass is 416 g/mol. The molecular formula is C17H18Cl2N2O4S. The van der Waals surface area contributed by atoms with Gasteiger partial charge in [-0.05, 0) is 48.9 Å². The molecule has 0 unspecified atom stereocenters. The number of hydrogen-bond donors (Lipinski definition) is 1. The number of carbonyl (C=O) groups is 1. The van der Waals surface area contributed by atoms with Crippen LogP contribution in [-0.4, -0.2) is 39.9 Å². The number of nitrogens with zero attached hydrogens (tertiary/aromatic N) is 1. The third-order valence-electron chi connectivity index (χ3n) is 3.48. The third kappa shape index (κ3) is 5.03. The van der Waals surface area contributed by atoms with Crippen LogP contribution in [0.25, 0.3) is 0 Å². The zero-order valence-corrected chi connectivity index (χ0v) is 16.7. The van der Waals surface area contributed by atoms with Crippen molar-refractivity contribution in [2.45, 2.75) is 11.8 Å². The van der Waals surface area contributed by atoms with Crippen LogP contribution in [0.5, 0.6) is 5.75 Å². The summed E-state index contributed by atoms with van der Waals surface area (Å²) in [7, 11) is -0.587. The fraction of sp³-hybridized carbons (Fsp3) is 0.235. The molecule has 0 saturated carbocycles. The van der Waals surface area contributed by atoms with Crippen molar-refractivity contribution in [3.63, 3.8) is 0 Å². The van der Waals surface area contributed by atoms with Crippen molar-refractivity contribution in [1.82, 2.24) is 4.90 Å². The van der Waals surface area contributed by atoms with Crippen molar-refractivity contribution in [3.8, 4) is 5.75 Å². The maximum Gasteiger partial charge on any atom is 0.261 e. The first-order valence-corrected chi connectivity index (χ1v) is 9.75. The molecule has 0 saturated heterocycles. The summed E-state index contributed by atoms with van der Waals surface area (Å²) in [5.41, 5.74) is 0.812. The maximum atomic E-state index is 12.6. The standard InChI is InChI=1S/C17H18Cl2N2O4S/c1-11-8-13(5-7-16(11)25-10-17(22)21(2)3)26(23,24)20-15-6-4-12(18)9-14(15)19/h4-9,20H,10H2,1-3H3. The first kappa shape index (κ1) is 20.4. The van der Waals surface area contributed by atoms with Crippen molar-refractivity contribution >= 4 is 44.8 Å². The van der Waals surface area contributed by atoms with Crippen molar-refractivity contribution in [3.05, 3.63) is 52.0 Å². The molecule has 2 rings (SSSR count). The normalized spacial score (nSPS) is 11.1. The second-order valence-electron chi connectivity index (χ2n) is 5.73. The number of ether oxygens (including phenoxy) is 1. The summed E-state index contributed by atoms with van der Waals surface area (Å²) >= 11 is 11.8. The van der Waals surface area contributed by atoms with E-state index in [0.717, 1.165) is 0 Å².